The first kappa shape index (κ1) is 25.4. The number of nitro benzene ring substituents is 1. The average molecular weight is 522 g/mol. The molecule has 196 valence electrons. The Kier molecular flexibility index (Phi) is 7.66. The predicted molar refractivity (Wildman–Crippen MR) is 139 cm³/mol. The van der Waals surface area contributed by atoms with Crippen molar-refractivity contribution in [2.24, 2.45) is 0 Å². The van der Waals surface area contributed by atoms with Crippen LogP contribution in [0.3, 0.4) is 0 Å². The van der Waals surface area contributed by atoms with E-state index in [0.717, 1.165) is 32.1 Å². The van der Waals surface area contributed by atoms with Crippen molar-refractivity contribution in [1.82, 2.24) is 14.9 Å². The van der Waals surface area contributed by atoms with E-state index in [4.69, 9.17) is 9.47 Å². The molecule has 9 nitrogen and oxygen atoms in total. The van der Waals surface area contributed by atoms with Gasteiger partial charge in [0, 0.05) is 49.1 Å². The highest BCUT2D eigenvalue weighted by atomic mass is 19.1. The normalized spacial score (nSPS) is 13.9. The second-order valence-electron chi connectivity index (χ2n) is 8.80. The summed E-state index contributed by atoms with van der Waals surface area (Å²) in [6.45, 7) is 4.30. The van der Waals surface area contributed by atoms with E-state index in [-0.39, 0.29) is 17.0 Å². The Balaban J connectivity index is 1.36. The van der Waals surface area contributed by atoms with Crippen LogP contribution in [-0.2, 0) is 4.74 Å². The summed E-state index contributed by atoms with van der Waals surface area (Å²) in [5, 5.41) is 15.4. The molecule has 3 aromatic carbocycles. The van der Waals surface area contributed by atoms with Crippen molar-refractivity contribution in [2.75, 3.05) is 44.8 Å². The second-order valence-corrected chi connectivity index (χ2v) is 8.80. The van der Waals surface area contributed by atoms with E-state index in [1.165, 1.54) is 24.5 Å². The Labute approximate surface area is 217 Å². The molecule has 38 heavy (non-hydrogen) atoms. The molecule has 5 rings (SSSR count). The summed E-state index contributed by atoms with van der Waals surface area (Å²) in [5.41, 5.74) is 1.62. The number of rotatable bonds is 9. The van der Waals surface area contributed by atoms with Gasteiger partial charge in [0.25, 0.3) is 0 Å². The number of morpholine rings is 1. The first-order chi connectivity index (χ1) is 18.5. The monoisotopic (exact) mass is 521 g/mol. The zero-order valence-electron chi connectivity index (χ0n) is 20.4. The van der Waals surface area contributed by atoms with Crippen molar-refractivity contribution in [3.05, 3.63) is 82.7 Å². The van der Waals surface area contributed by atoms with Crippen LogP contribution < -0.4 is 10.1 Å². The van der Waals surface area contributed by atoms with E-state index < -0.39 is 16.6 Å². The fraction of sp³-hybridized carbons (Fsp3) is 0.259. The average Bonchev–Trinajstić information content (AvgIpc) is 2.91. The van der Waals surface area contributed by atoms with Crippen LogP contribution >= 0.6 is 0 Å². The molecule has 1 aliphatic heterocycles. The molecular weight excluding hydrogens is 496 g/mol. The molecule has 0 saturated carbocycles. The van der Waals surface area contributed by atoms with Crippen molar-refractivity contribution in [3.8, 4) is 16.9 Å². The van der Waals surface area contributed by atoms with Gasteiger partial charge >= 0.3 is 5.69 Å². The Bertz CT molecular complexity index is 1460. The number of nitrogens with zero attached hydrogens (tertiary/aromatic N) is 4. The molecule has 0 unspecified atom stereocenters. The summed E-state index contributed by atoms with van der Waals surface area (Å²) >= 11 is 0. The van der Waals surface area contributed by atoms with Crippen LogP contribution in [-0.4, -0.2) is 59.2 Å². The largest absolute Gasteiger partial charge is 0.487 e. The highest BCUT2D eigenvalue weighted by molar-refractivity contribution is 5.94. The van der Waals surface area contributed by atoms with Gasteiger partial charge in [-0.1, -0.05) is 12.1 Å². The van der Waals surface area contributed by atoms with Gasteiger partial charge < -0.3 is 14.8 Å². The van der Waals surface area contributed by atoms with Crippen LogP contribution in [0.25, 0.3) is 22.0 Å². The number of hydrogen-bond acceptors (Lipinski definition) is 8. The van der Waals surface area contributed by atoms with Crippen LogP contribution in [0.5, 0.6) is 5.75 Å². The third kappa shape index (κ3) is 5.84. The summed E-state index contributed by atoms with van der Waals surface area (Å²) in [4.78, 5) is 22.2. The minimum Gasteiger partial charge on any atom is -0.487 e. The Hall–Kier alpha value is -4.22. The molecular formula is C27H25F2N5O4. The van der Waals surface area contributed by atoms with Gasteiger partial charge in [-0.3, -0.25) is 15.0 Å². The van der Waals surface area contributed by atoms with Gasteiger partial charge in [-0.2, -0.15) is 0 Å². The van der Waals surface area contributed by atoms with E-state index in [0.29, 0.717) is 47.8 Å². The van der Waals surface area contributed by atoms with E-state index in [2.05, 4.69) is 20.2 Å². The quantitative estimate of drug-likeness (QED) is 0.179. The molecule has 0 spiro atoms. The maximum atomic E-state index is 14.3. The zero-order valence-corrected chi connectivity index (χ0v) is 20.4. The van der Waals surface area contributed by atoms with Crippen molar-refractivity contribution in [2.45, 2.75) is 6.42 Å². The molecule has 1 saturated heterocycles. The number of aromatic nitrogens is 2. The van der Waals surface area contributed by atoms with E-state index in [9.17, 15) is 18.9 Å². The molecule has 2 heterocycles. The van der Waals surface area contributed by atoms with Gasteiger partial charge in [-0.25, -0.2) is 18.7 Å². The molecule has 0 radical (unpaired) electrons. The molecule has 1 N–H and O–H groups in total. The van der Waals surface area contributed by atoms with E-state index in [1.807, 2.05) is 0 Å². The van der Waals surface area contributed by atoms with E-state index in [1.54, 1.807) is 30.3 Å². The summed E-state index contributed by atoms with van der Waals surface area (Å²) < 4.78 is 38.8. The lowest BCUT2D eigenvalue weighted by atomic mass is 10.0. The second kappa shape index (κ2) is 11.4. The number of nitro groups is 1. The Morgan fingerprint density at radius 2 is 1.92 bits per heavy atom. The molecule has 1 aliphatic rings. The van der Waals surface area contributed by atoms with Gasteiger partial charge in [0.05, 0.1) is 35.6 Å². The van der Waals surface area contributed by atoms with Crippen LogP contribution in [0.15, 0.2) is 60.9 Å². The molecule has 0 amide bonds. The standard InChI is InChI=1S/C27H25F2N5O4/c28-19-5-6-21(23(29)14-19)18-3-1-4-20(13-18)32-27-22-15-25(34(35)36)26(16-24(22)30-17-31-27)38-10-2-7-33-8-11-37-12-9-33/h1,3-6,13-17H,2,7-12H2,(H,30,31,32). The molecule has 4 aromatic rings. The summed E-state index contributed by atoms with van der Waals surface area (Å²) in [6.07, 6.45) is 2.07. The van der Waals surface area contributed by atoms with Gasteiger partial charge in [0.15, 0.2) is 5.75 Å². The molecule has 1 aromatic heterocycles. The van der Waals surface area contributed by atoms with E-state index >= 15 is 0 Å². The van der Waals surface area contributed by atoms with Gasteiger partial charge in [-0.05, 0) is 36.2 Å². The number of ether oxygens (including phenoxy) is 2. The number of hydrogen-bond donors (Lipinski definition) is 1. The number of benzene rings is 3. The summed E-state index contributed by atoms with van der Waals surface area (Å²) in [5.74, 6) is -0.852. The number of nitrogens with one attached hydrogen (secondary N) is 1. The van der Waals surface area contributed by atoms with Crippen LogP contribution in [0.4, 0.5) is 26.0 Å². The highest BCUT2D eigenvalue weighted by Crippen LogP contribution is 2.35. The molecule has 0 bridgehead atoms. The lowest BCUT2D eigenvalue weighted by Crippen LogP contribution is -2.37. The van der Waals surface area contributed by atoms with Gasteiger partial charge in [-0.15, -0.1) is 0 Å². The third-order valence-electron chi connectivity index (χ3n) is 6.26. The van der Waals surface area contributed by atoms with Crippen molar-refractivity contribution < 1.29 is 23.2 Å². The summed E-state index contributed by atoms with van der Waals surface area (Å²) in [7, 11) is 0. The van der Waals surface area contributed by atoms with Gasteiger partial charge in [0.1, 0.15) is 23.8 Å². The fourth-order valence-corrected chi connectivity index (χ4v) is 4.35. The minimum atomic E-state index is -0.678. The Morgan fingerprint density at radius 3 is 2.71 bits per heavy atom. The molecule has 0 atom stereocenters. The maximum absolute atomic E-state index is 14.3. The topological polar surface area (TPSA) is 103 Å². The summed E-state index contributed by atoms with van der Waals surface area (Å²) in [6, 6.07) is 13.2. The Morgan fingerprint density at radius 1 is 1.08 bits per heavy atom. The number of fused-ring (bicyclic) bond motifs is 1. The zero-order chi connectivity index (χ0) is 26.5. The van der Waals surface area contributed by atoms with Gasteiger partial charge in [0.2, 0.25) is 0 Å². The van der Waals surface area contributed by atoms with Crippen molar-refractivity contribution in [3.63, 3.8) is 0 Å². The first-order valence-electron chi connectivity index (χ1n) is 12.2. The smallest absolute Gasteiger partial charge is 0.311 e. The van der Waals surface area contributed by atoms with Crippen LogP contribution in [0, 0.1) is 21.7 Å². The minimum absolute atomic E-state index is 0.142. The maximum Gasteiger partial charge on any atom is 0.311 e. The van der Waals surface area contributed by atoms with Crippen molar-refractivity contribution in [1.29, 1.82) is 0 Å². The lowest BCUT2D eigenvalue weighted by Gasteiger charge is -2.26. The third-order valence-corrected chi connectivity index (χ3v) is 6.26. The lowest BCUT2D eigenvalue weighted by molar-refractivity contribution is -0.385. The number of anilines is 2. The SMILES string of the molecule is O=[N+]([O-])c1cc2c(Nc3cccc(-c4ccc(F)cc4F)c3)ncnc2cc1OCCCN1CCOCC1. The molecule has 1 fully saturated rings. The van der Waals surface area contributed by atoms with Crippen LogP contribution in [0.1, 0.15) is 6.42 Å². The molecule has 0 aliphatic carbocycles. The van der Waals surface area contributed by atoms with Crippen molar-refractivity contribution >= 4 is 28.1 Å². The van der Waals surface area contributed by atoms with Crippen LogP contribution in [0.2, 0.25) is 0 Å². The molecule has 11 heteroatoms. The predicted octanol–water partition coefficient (Wildman–Crippen LogP) is 5.33. The highest BCUT2D eigenvalue weighted by Gasteiger charge is 2.20. The fourth-order valence-electron chi connectivity index (χ4n) is 4.35. The first-order valence-corrected chi connectivity index (χ1v) is 12.2. The number of halogens is 2.